The summed E-state index contributed by atoms with van der Waals surface area (Å²) >= 11 is 3.71. The maximum absolute atomic E-state index is 11.1. The molecule has 3 N–H and O–H groups in total. The van der Waals surface area contributed by atoms with Gasteiger partial charge in [-0.25, -0.2) is 0 Å². The number of rotatable bonds is 7. The van der Waals surface area contributed by atoms with E-state index in [1.807, 2.05) is 27.7 Å². The van der Waals surface area contributed by atoms with Crippen molar-refractivity contribution in [2.75, 3.05) is 25.4 Å². The molecular weight excluding hydrogens is 294 g/mol. The zero-order valence-electron chi connectivity index (χ0n) is 13.4. The standard InChI is InChI=1S/C9H15N3O4S.2C2H6/c1-6(13)2-10-7(14)3-11-8(15)4-12-9(16)5-17;2*1-2/h17H,2-5H2,1H3,(H,10,14)(H,11,15)(H,12,16);2*1-2H3. The molecule has 0 aromatic heterocycles. The maximum Gasteiger partial charge on any atom is 0.239 e. The fourth-order valence-corrected chi connectivity index (χ4v) is 0.873. The predicted molar refractivity (Wildman–Crippen MR) is 86.3 cm³/mol. The molecule has 0 heterocycles. The molecule has 7 nitrogen and oxygen atoms in total. The molecule has 0 fully saturated rings. The highest BCUT2D eigenvalue weighted by molar-refractivity contribution is 7.81. The molecule has 0 aliphatic rings. The van der Waals surface area contributed by atoms with Crippen LogP contribution in [0.2, 0.25) is 0 Å². The van der Waals surface area contributed by atoms with Crippen molar-refractivity contribution in [3.05, 3.63) is 0 Å². The van der Waals surface area contributed by atoms with Crippen molar-refractivity contribution in [3.8, 4) is 0 Å². The van der Waals surface area contributed by atoms with Crippen LogP contribution in [0.4, 0.5) is 0 Å². The molecule has 0 aromatic rings. The summed E-state index contributed by atoms with van der Waals surface area (Å²) in [7, 11) is 0. The Morgan fingerprint density at radius 2 is 1.05 bits per heavy atom. The van der Waals surface area contributed by atoms with Crippen LogP contribution >= 0.6 is 12.6 Å². The fourth-order valence-electron chi connectivity index (χ4n) is 0.762. The van der Waals surface area contributed by atoms with Crippen LogP contribution in [0.1, 0.15) is 34.6 Å². The second kappa shape index (κ2) is 18.4. The maximum atomic E-state index is 11.1. The molecule has 0 saturated carbocycles. The highest BCUT2D eigenvalue weighted by Gasteiger charge is 2.06. The molecule has 21 heavy (non-hydrogen) atoms. The second-order valence-electron chi connectivity index (χ2n) is 3.19. The summed E-state index contributed by atoms with van der Waals surface area (Å²) < 4.78 is 0. The highest BCUT2D eigenvalue weighted by Crippen LogP contribution is 1.73. The van der Waals surface area contributed by atoms with E-state index in [2.05, 4.69) is 28.6 Å². The van der Waals surface area contributed by atoms with E-state index in [0.717, 1.165) is 0 Å². The summed E-state index contributed by atoms with van der Waals surface area (Å²) in [5, 5.41) is 6.89. The van der Waals surface area contributed by atoms with Crippen molar-refractivity contribution in [3.63, 3.8) is 0 Å². The third-order valence-corrected chi connectivity index (χ3v) is 1.86. The summed E-state index contributed by atoms with van der Waals surface area (Å²) in [6, 6.07) is 0. The third kappa shape index (κ3) is 20.9. The van der Waals surface area contributed by atoms with Crippen molar-refractivity contribution >= 4 is 36.1 Å². The topological polar surface area (TPSA) is 104 Å². The second-order valence-corrected chi connectivity index (χ2v) is 3.51. The Morgan fingerprint density at radius 1 is 0.714 bits per heavy atom. The number of hydrogen-bond donors (Lipinski definition) is 4. The molecule has 124 valence electrons. The van der Waals surface area contributed by atoms with Gasteiger partial charge in [0.1, 0.15) is 5.78 Å². The molecule has 0 rings (SSSR count). The van der Waals surface area contributed by atoms with E-state index in [-0.39, 0.29) is 37.1 Å². The number of hydrogen-bond acceptors (Lipinski definition) is 5. The van der Waals surface area contributed by atoms with Gasteiger partial charge < -0.3 is 16.0 Å². The third-order valence-electron chi connectivity index (χ3n) is 1.57. The molecule has 8 heteroatoms. The Hall–Kier alpha value is -1.57. The van der Waals surface area contributed by atoms with Gasteiger partial charge in [0.05, 0.1) is 25.4 Å². The molecule has 0 unspecified atom stereocenters. The van der Waals surface area contributed by atoms with Gasteiger partial charge in [-0.2, -0.15) is 12.6 Å². The first-order valence-electron chi connectivity index (χ1n) is 6.86. The number of amides is 3. The average molecular weight is 321 g/mol. The summed E-state index contributed by atoms with van der Waals surface area (Å²) in [6.45, 7) is 8.83. The summed E-state index contributed by atoms with van der Waals surface area (Å²) in [4.78, 5) is 43.5. The van der Waals surface area contributed by atoms with Crippen LogP contribution in [0.3, 0.4) is 0 Å². The first kappa shape index (κ1) is 24.4. The number of ketones is 1. The lowest BCUT2D eigenvalue weighted by atomic mass is 10.4. The predicted octanol–water partition coefficient (Wildman–Crippen LogP) is -0.0938. The lowest BCUT2D eigenvalue weighted by Crippen LogP contribution is -2.42. The molecular formula is C13H27N3O4S. The Balaban J connectivity index is -0.000000739. The van der Waals surface area contributed by atoms with Gasteiger partial charge in [0.25, 0.3) is 0 Å². The van der Waals surface area contributed by atoms with Gasteiger partial charge in [-0.3, -0.25) is 19.2 Å². The van der Waals surface area contributed by atoms with Crippen LogP contribution in [0.25, 0.3) is 0 Å². The van der Waals surface area contributed by atoms with Gasteiger partial charge in [0.15, 0.2) is 0 Å². The van der Waals surface area contributed by atoms with E-state index >= 15 is 0 Å². The van der Waals surface area contributed by atoms with Crippen molar-refractivity contribution < 1.29 is 19.2 Å². The summed E-state index contributed by atoms with van der Waals surface area (Å²) in [5.74, 6) is -1.51. The van der Waals surface area contributed by atoms with E-state index in [1.54, 1.807) is 0 Å². The first-order valence-corrected chi connectivity index (χ1v) is 7.49. The van der Waals surface area contributed by atoms with Crippen LogP contribution in [0, 0.1) is 0 Å². The van der Waals surface area contributed by atoms with E-state index in [1.165, 1.54) is 6.92 Å². The number of thiol groups is 1. The van der Waals surface area contributed by atoms with Crippen molar-refractivity contribution in [2.45, 2.75) is 34.6 Å². The van der Waals surface area contributed by atoms with Gasteiger partial charge in [-0.1, -0.05) is 27.7 Å². The van der Waals surface area contributed by atoms with Crippen LogP contribution in [0.5, 0.6) is 0 Å². The van der Waals surface area contributed by atoms with Crippen LogP contribution in [0.15, 0.2) is 0 Å². The van der Waals surface area contributed by atoms with Gasteiger partial charge in [-0.05, 0) is 6.92 Å². The number of nitrogens with one attached hydrogen (secondary N) is 3. The molecule has 0 spiro atoms. The molecule has 0 bridgehead atoms. The van der Waals surface area contributed by atoms with Crippen molar-refractivity contribution in [1.82, 2.24) is 16.0 Å². The molecule has 0 aromatic carbocycles. The lowest BCUT2D eigenvalue weighted by molar-refractivity contribution is -0.127. The van der Waals surface area contributed by atoms with Gasteiger partial charge >= 0.3 is 0 Å². The molecule has 0 aliphatic carbocycles. The molecule has 3 amide bonds. The van der Waals surface area contributed by atoms with Crippen molar-refractivity contribution in [1.29, 1.82) is 0 Å². The molecule has 0 saturated heterocycles. The SMILES string of the molecule is CC.CC.CC(=O)CNC(=O)CNC(=O)CNC(=O)CS. The molecule has 0 aliphatic heterocycles. The van der Waals surface area contributed by atoms with Gasteiger partial charge in [0.2, 0.25) is 17.7 Å². The minimum absolute atomic E-state index is 0.00756. The van der Waals surface area contributed by atoms with Gasteiger partial charge in [-0.15, -0.1) is 0 Å². The molecule has 0 atom stereocenters. The number of carbonyl (C=O) groups excluding carboxylic acids is 4. The number of Topliss-reactive ketones (excluding diaryl/α,β-unsaturated/α-hetero) is 1. The monoisotopic (exact) mass is 321 g/mol. The first-order chi connectivity index (χ1) is 9.95. The van der Waals surface area contributed by atoms with Crippen LogP contribution in [-0.2, 0) is 19.2 Å². The fraction of sp³-hybridized carbons (Fsp3) is 0.692. The Kier molecular flexibility index (Phi) is 21.5. The van der Waals surface area contributed by atoms with Crippen molar-refractivity contribution in [2.24, 2.45) is 0 Å². The van der Waals surface area contributed by atoms with E-state index in [0.29, 0.717) is 0 Å². The van der Waals surface area contributed by atoms with E-state index < -0.39 is 11.8 Å². The summed E-state index contributed by atoms with van der Waals surface area (Å²) in [5.41, 5.74) is 0. The quantitative estimate of drug-likeness (QED) is 0.492. The zero-order valence-corrected chi connectivity index (χ0v) is 14.3. The Bertz CT molecular complexity index is 323. The van der Waals surface area contributed by atoms with E-state index in [9.17, 15) is 19.2 Å². The highest BCUT2D eigenvalue weighted by atomic mass is 32.1. The largest absolute Gasteiger partial charge is 0.348 e. The zero-order chi connectivity index (χ0) is 17.3. The smallest absolute Gasteiger partial charge is 0.239 e. The normalized spacial score (nSPS) is 8.10. The summed E-state index contributed by atoms with van der Waals surface area (Å²) in [6.07, 6.45) is 0. The van der Waals surface area contributed by atoms with E-state index in [4.69, 9.17) is 0 Å². The number of carbonyl (C=O) groups is 4. The van der Waals surface area contributed by atoms with Gasteiger partial charge in [0, 0.05) is 0 Å². The Labute approximate surface area is 132 Å². The Morgan fingerprint density at radius 3 is 1.38 bits per heavy atom. The van der Waals surface area contributed by atoms with Crippen LogP contribution in [-0.4, -0.2) is 48.9 Å². The van der Waals surface area contributed by atoms with Crippen LogP contribution < -0.4 is 16.0 Å². The lowest BCUT2D eigenvalue weighted by Gasteiger charge is -2.06. The minimum atomic E-state index is -0.488. The minimum Gasteiger partial charge on any atom is -0.348 e. The molecule has 0 radical (unpaired) electrons. The average Bonchev–Trinajstić information content (AvgIpc) is 2.52.